The highest BCUT2D eigenvalue weighted by Gasteiger charge is 2.09. The van der Waals surface area contributed by atoms with Gasteiger partial charge in [-0.25, -0.2) is 0 Å². The van der Waals surface area contributed by atoms with Gasteiger partial charge in [-0.1, -0.05) is 50.8 Å². The van der Waals surface area contributed by atoms with Crippen LogP contribution in [0.2, 0.25) is 0 Å². The van der Waals surface area contributed by atoms with Gasteiger partial charge >= 0.3 is 0 Å². The Morgan fingerprint density at radius 2 is 1.08 bits per heavy atom. The summed E-state index contributed by atoms with van der Waals surface area (Å²) in [6.45, 7) is 8.17. The summed E-state index contributed by atoms with van der Waals surface area (Å²) in [4.78, 5) is 38.2. The van der Waals surface area contributed by atoms with Gasteiger partial charge in [0.15, 0.2) is 0 Å². The Kier molecular flexibility index (Phi) is 21.2. The molecule has 0 saturated heterocycles. The molecule has 280 valence electrons. The van der Waals surface area contributed by atoms with Crippen LogP contribution in [0.15, 0.2) is 54.6 Å². The molecule has 0 aliphatic heterocycles. The van der Waals surface area contributed by atoms with Gasteiger partial charge in [0.25, 0.3) is 11.8 Å². The van der Waals surface area contributed by atoms with E-state index in [1.165, 1.54) is 19.3 Å². The minimum atomic E-state index is -0.192. The van der Waals surface area contributed by atoms with Crippen molar-refractivity contribution in [3.63, 3.8) is 0 Å². The first-order chi connectivity index (χ1) is 25.1. The highest BCUT2D eigenvalue weighted by atomic mass is 16.5. The minimum absolute atomic E-state index is 0.124. The van der Waals surface area contributed by atoms with Gasteiger partial charge in [-0.05, 0) is 42.8 Å². The molecule has 0 aliphatic carbocycles. The second kappa shape index (κ2) is 26.4. The second-order valence-electron chi connectivity index (χ2n) is 11.4. The van der Waals surface area contributed by atoms with Crippen molar-refractivity contribution in [3.8, 4) is 0 Å². The molecule has 2 amide bonds. The lowest BCUT2D eigenvalue weighted by Crippen LogP contribution is -2.27. The van der Waals surface area contributed by atoms with Crippen LogP contribution in [0, 0.1) is 0 Å². The molecule has 0 atom stereocenters. The average Bonchev–Trinajstić information content (AvgIpc) is 3.15. The lowest BCUT2D eigenvalue weighted by molar-refractivity contribution is 0.0511. The van der Waals surface area contributed by atoms with E-state index in [1.54, 1.807) is 36.4 Å². The fourth-order valence-electron chi connectivity index (χ4n) is 4.58. The summed E-state index contributed by atoms with van der Waals surface area (Å²) < 4.78 is 21.9. The van der Waals surface area contributed by atoms with Crippen LogP contribution in [-0.4, -0.2) is 112 Å². The fraction of sp³-hybridized carbons (Fsp3) is 0.528. The molecule has 0 saturated carbocycles. The predicted octanol–water partition coefficient (Wildman–Crippen LogP) is 3.59. The van der Waals surface area contributed by atoms with E-state index >= 15 is 0 Å². The molecular formula is C36H55N9O6. The monoisotopic (exact) mass is 709 g/mol. The van der Waals surface area contributed by atoms with Gasteiger partial charge in [0, 0.05) is 49.5 Å². The van der Waals surface area contributed by atoms with E-state index in [9.17, 15) is 9.59 Å². The Balaban J connectivity index is 1.40. The summed E-state index contributed by atoms with van der Waals surface area (Å²) in [5.74, 6) is 0.908. The number of carbonyl (C=O) groups is 2. The molecule has 1 aromatic heterocycles. The molecule has 3 aromatic rings. The smallest absolute Gasteiger partial charge is 0.251 e. The van der Waals surface area contributed by atoms with Gasteiger partial charge in [0.05, 0.1) is 52.9 Å². The molecule has 0 fully saturated rings. The van der Waals surface area contributed by atoms with Crippen LogP contribution in [0.5, 0.6) is 0 Å². The molecule has 0 aliphatic rings. The van der Waals surface area contributed by atoms with Crippen LogP contribution in [0.4, 0.5) is 23.5 Å². The quantitative estimate of drug-likeness (QED) is 0.0573. The van der Waals surface area contributed by atoms with Crippen molar-refractivity contribution >= 4 is 35.3 Å². The highest BCUT2D eigenvalue weighted by Crippen LogP contribution is 2.17. The van der Waals surface area contributed by atoms with Crippen LogP contribution < -0.4 is 32.3 Å². The van der Waals surface area contributed by atoms with Gasteiger partial charge in [-0.3, -0.25) is 9.59 Å². The van der Waals surface area contributed by atoms with Crippen molar-refractivity contribution in [2.24, 2.45) is 5.73 Å². The molecule has 51 heavy (non-hydrogen) atoms. The Morgan fingerprint density at radius 1 is 0.569 bits per heavy atom. The van der Waals surface area contributed by atoms with Gasteiger partial charge in [-0.15, -0.1) is 0 Å². The number of anilines is 4. The third-order valence-electron chi connectivity index (χ3n) is 7.24. The number of hydrogen-bond acceptors (Lipinski definition) is 13. The summed E-state index contributed by atoms with van der Waals surface area (Å²) in [5.41, 5.74) is 7.25. The summed E-state index contributed by atoms with van der Waals surface area (Å²) in [6.07, 6.45) is 5.80. The van der Waals surface area contributed by atoms with Crippen LogP contribution in [-0.2, 0) is 18.9 Å². The maximum Gasteiger partial charge on any atom is 0.251 e. The summed E-state index contributed by atoms with van der Waals surface area (Å²) >= 11 is 0. The second-order valence-corrected chi connectivity index (χ2v) is 11.4. The van der Waals surface area contributed by atoms with Crippen molar-refractivity contribution in [2.75, 3.05) is 102 Å². The Labute approximate surface area is 301 Å². The number of hydrogen-bond donors (Lipinski definition) is 6. The van der Waals surface area contributed by atoms with E-state index < -0.39 is 0 Å². The van der Waals surface area contributed by atoms with E-state index in [4.69, 9.17) is 24.7 Å². The molecule has 7 N–H and O–H groups in total. The minimum Gasteiger partial charge on any atom is -0.378 e. The van der Waals surface area contributed by atoms with E-state index in [-0.39, 0.29) is 11.8 Å². The zero-order valence-electron chi connectivity index (χ0n) is 29.8. The van der Waals surface area contributed by atoms with Gasteiger partial charge in [0.2, 0.25) is 17.8 Å². The number of aromatic nitrogens is 3. The van der Waals surface area contributed by atoms with Crippen molar-refractivity contribution in [3.05, 3.63) is 65.7 Å². The van der Waals surface area contributed by atoms with Crippen LogP contribution >= 0.6 is 0 Å². The Morgan fingerprint density at radius 3 is 1.67 bits per heavy atom. The maximum absolute atomic E-state index is 12.5. The third-order valence-corrected chi connectivity index (χ3v) is 7.24. The van der Waals surface area contributed by atoms with Crippen molar-refractivity contribution < 1.29 is 28.5 Å². The Hall–Kier alpha value is -4.41. The van der Waals surface area contributed by atoms with Crippen molar-refractivity contribution in [1.29, 1.82) is 0 Å². The molecule has 0 unspecified atom stereocenters. The highest BCUT2D eigenvalue weighted by molar-refractivity contribution is 5.94. The zero-order chi connectivity index (χ0) is 36.2. The third kappa shape index (κ3) is 18.4. The molecule has 3 rings (SSSR count). The van der Waals surface area contributed by atoms with E-state index in [1.807, 2.05) is 18.2 Å². The Bertz CT molecular complexity index is 1370. The van der Waals surface area contributed by atoms with Crippen molar-refractivity contribution in [2.45, 2.75) is 39.0 Å². The number of benzene rings is 2. The molecule has 2 aromatic carbocycles. The topological polar surface area (TPSA) is 196 Å². The average molecular weight is 710 g/mol. The number of carbonyl (C=O) groups excluding carboxylic acids is 2. The number of ether oxygens (including phenoxy) is 4. The molecule has 0 spiro atoms. The van der Waals surface area contributed by atoms with Crippen molar-refractivity contribution in [1.82, 2.24) is 25.6 Å². The molecular weight excluding hydrogens is 654 g/mol. The van der Waals surface area contributed by atoms with E-state index in [0.29, 0.717) is 108 Å². The molecule has 1 heterocycles. The summed E-state index contributed by atoms with van der Waals surface area (Å²) in [6, 6.07) is 16.1. The lowest BCUT2D eigenvalue weighted by Gasteiger charge is -2.12. The van der Waals surface area contributed by atoms with Gasteiger partial charge in [-0.2, -0.15) is 15.0 Å². The first-order valence-electron chi connectivity index (χ1n) is 17.8. The fourth-order valence-corrected chi connectivity index (χ4v) is 4.58. The number of amides is 2. The van der Waals surface area contributed by atoms with Crippen LogP contribution in [0.3, 0.4) is 0 Å². The van der Waals surface area contributed by atoms with Crippen LogP contribution in [0.1, 0.15) is 59.7 Å². The van der Waals surface area contributed by atoms with E-state index in [2.05, 4.69) is 48.5 Å². The first kappa shape index (κ1) is 41.0. The molecule has 15 heteroatoms. The van der Waals surface area contributed by atoms with E-state index in [0.717, 1.165) is 25.1 Å². The zero-order valence-corrected chi connectivity index (χ0v) is 29.8. The first-order valence-corrected chi connectivity index (χ1v) is 17.8. The largest absolute Gasteiger partial charge is 0.378 e. The number of nitrogens with two attached hydrogens (primary N) is 1. The number of nitrogens with zero attached hydrogens (tertiary/aromatic N) is 3. The summed E-state index contributed by atoms with van der Waals surface area (Å²) in [5, 5.41) is 15.4. The number of unbranched alkanes of at least 4 members (excludes halogenated alkanes) is 4. The molecule has 0 radical (unpaired) electrons. The normalized spacial score (nSPS) is 10.9. The SMILES string of the molecule is CCCCCCCNc1nc(NCCOCCOCCNC(=O)c2ccccc2)nc(Nc2ccc(C(=O)NCCOCCOCCN)cc2)n1. The molecule has 0 bridgehead atoms. The van der Waals surface area contributed by atoms with Gasteiger partial charge in [0.1, 0.15) is 0 Å². The van der Waals surface area contributed by atoms with Gasteiger partial charge < -0.3 is 51.3 Å². The standard InChI is InChI=1S/C36H55N9O6/c1-2-3-4-5-9-17-40-34-43-35(41-20-24-51-28-27-50-22-18-38-32(46)29-10-7-6-8-11-29)45-36(44-34)42-31-14-12-30(13-15-31)33(47)39-19-23-49-26-25-48-21-16-37/h6-8,10-15H,2-5,9,16-28,37H2,1H3,(H,38,46)(H,39,47)(H3,40,41,42,43,44,45). The summed E-state index contributed by atoms with van der Waals surface area (Å²) in [7, 11) is 0. The predicted molar refractivity (Wildman–Crippen MR) is 199 cm³/mol. The molecule has 15 nitrogen and oxygen atoms in total. The lowest BCUT2D eigenvalue weighted by atomic mass is 10.1. The van der Waals surface area contributed by atoms with Crippen LogP contribution in [0.25, 0.3) is 0 Å². The number of rotatable bonds is 29. The number of nitrogens with one attached hydrogen (secondary N) is 5. The maximum atomic E-state index is 12.5.